The second-order valence-corrected chi connectivity index (χ2v) is 1.95. The molecule has 0 aliphatic heterocycles. The molecule has 0 bridgehead atoms. The van der Waals surface area contributed by atoms with Crippen molar-refractivity contribution in [2.24, 2.45) is 5.73 Å². The third kappa shape index (κ3) is 2.37. The number of halogens is 1. The Morgan fingerprint density at radius 1 is 1.42 bits per heavy atom. The van der Waals surface area contributed by atoms with E-state index in [-0.39, 0.29) is 35.1 Å². The molecule has 0 aromatic rings. The molecule has 5 nitrogen and oxygen atoms in total. The fourth-order valence-electron chi connectivity index (χ4n) is 0.603. The van der Waals surface area contributed by atoms with Crippen LogP contribution < -0.4 is 23.5 Å². The van der Waals surface area contributed by atoms with Gasteiger partial charge in [0, 0.05) is 12.2 Å². The zero-order valence-electron chi connectivity index (χ0n) is 6.04. The average molecular weight is 193 g/mol. The van der Waals surface area contributed by atoms with Crippen molar-refractivity contribution in [3.05, 3.63) is 23.6 Å². The van der Waals surface area contributed by atoms with Gasteiger partial charge in [0.25, 0.3) is 5.78 Å². The number of carbonyl (C=O) groups is 1. The van der Waals surface area contributed by atoms with Crippen LogP contribution in [0.1, 0.15) is 0 Å². The predicted molar refractivity (Wildman–Crippen MR) is 38.5 cm³/mol. The highest BCUT2D eigenvalue weighted by Gasteiger charge is 2.18. The van der Waals surface area contributed by atoms with Crippen LogP contribution in [-0.4, -0.2) is 22.1 Å². The molecule has 6 heteroatoms. The molecule has 0 spiro atoms. The molecule has 12 heavy (non-hydrogen) atoms. The van der Waals surface area contributed by atoms with Gasteiger partial charge in [-0.2, -0.15) is 0 Å². The zero-order chi connectivity index (χ0) is 7.72. The number of aliphatic hydroxyl groups is 1. The van der Waals surface area contributed by atoms with E-state index in [0.29, 0.717) is 0 Å². The van der Waals surface area contributed by atoms with Crippen LogP contribution in [-0.2, 0) is 4.79 Å². The topological polar surface area (TPSA) is 120 Å². The van der Waals surface area contributed by atoms with Crippen molar-refractivity contribution in [3.8, 4) is 0 Å². The summed E-state index contributed by atoms with van der Waals surface area (Å²) in [6.45, 7) is 0. The van der Waals surface area contributed by atoms with E-state index in [1.165, 1.54) is 6.08 Å². The molecule has 0 saturated heterocycles. The third-order valence-corrected chi connectivity index (χ3v) is 1.16. The van der Waals surface area contributed by atoms with Gasteiger partial charge in [-0.1, -0.05) is 0 Å². The Balaban J connectivity index is 0. The van der Waals surface area contributed by atoms with Gasteiger partial charge in [-0.05, 0) is 0 Å². The fraction of sp³-hybridized carbons (Fsp3) is 0. The minimum absolute atomic E-state index is 0. The zero-order valence-corrected chi connectivity index (χ0v) is 6.80. The number of aliphatic hydroxyl groups excluding tert-OH is 1. The van der Waals surface area contributed by atoms with Gasteiger partial charge in [0.2, 0.25) is 5.71 Å². The first-order chi connectivity index (χ1) is 4.61. The quantitative estimate of drug-likeness (QED) is 0.332. The molecule has 0 aromatic carbocycles. The van der Waals surface area contributed by atoms with Gasteiger partial charge in [-0.3, -0.25) is 10.2 Å². The molecule has 7 N–H and O–H groups in total. The molecule has 0 fully saturated rings. The lowest BCUT2D eigenvalue weighted by Gasteiger charge is -2.01. The van der Waals surface area contributed by atoms with Gasteiger partial charge in [0.05, 0.1) is 5.70 Å². The molecule has 0 atom stereocenters. The van der Waals surface area contributed by atoms with Crippen LogP contribution in [0.25, 0.3) is 0 Å². The highest BCUT2D eigenvalue weighted by Crippen LogP contribution is 2.04. The van der Waals surface area contributed by atoms with Crippen molar-refractivity contribution in [3.63, 3.8) is 0 Å². The van der Waals surface area contributed by atoms with Crippen LogP contribution in [0.4, 0.5) is 0 Å². The lowest BCUT2D eigenvalue weighted by Crippen LogP contribution is -3.00. The van der Waals surface area contributed by atoms with E-state index in [4.69, 9.17) is 16.2 Å². The molecular formula is C6H9ClN2O3. The van der Waals surface area contributed by atoms with Gasteiger partial charge >= 0.3 is 0 Å². The smallest absolute Gasteiger partial charge is 0.252 e. The largest absolute Gasteiger partial charge is 1.00 e. The van der Waals surface area contributed by atoms with Crippen molar-refractivity contribution >= 4 is 11.5 Å². The van der Waals surface area contributed by atoms with E-state index in [0.717, 1.165) is 6.08 Å². The molecule has 0 radical (unpaired) electrons. The number of nitrogens with two attached hydrogens (primary N) is 2. The third-order valence-electron chi connectivity index (χ3n) is 1.16. The van der Waals surface area contributed by atoms with E-state index < -0.39 is 5.78 Å². The number of carbonyl (C=O) groups excluding carboxylic acids is 1. The summed E-state index contributed by atoms with van der Waals surface area (Å²) in [5.74, 6) is -0.633. The van der Waals surface area contributed by atoms with E-state index in [1.54, 1.807) is 0 Å². The molecule has 1 aliphatic rings. The maximum absolute atomic E-state index is 10.7. The highest BCUT2D eigenvalue weighted by molar-refractivity contribution is 6.46. The van der Waals surface area contributed by atoms with Gasteiger partial charge in [0.1, 0.15) is 5.76 Å². The van der Waals surface area contributed by atoms with Crippen molar-refractivity contribution in [1.82, 2.24) is 0 Å². The van der Waals surface area contributed by atoms with Crippen LogP contribution in [0.5, 0.6) is 0 Å². The summed E-state index contributed by atoms with van der Waals surface area (Å²) in [5, 5.41) is 14.0. The summed E-state index contributed by atoms with van der Waals surface area (Å²) in [4.78, 5) is 10.7. The fourth-order valence-corrected chi connectivity index (χ4v) is 0.603. The Morgan fingerprint density at radius 3 is 2.33 bits per heavy atom. The molecule has 1 aliphatic carbocycles. The lowest BCUT2D eigenvalue weighted by molar-refractivity contribution is -0.131. The minimum Gasteiger partial charge on any atom is -1.00 e. The van der Waals surface area contributed by atoms with Crippen molar-refractivity contribution < 1.29 is 33.2 Å². The van der Waals surface area contributed by atoms with Crippen molar-refractivity contribution in [2.45, 2.75) is 0 Å². The second-order valence-electron chi connectivity index (χ2n) is 1.95. The van der Waals surface area contributed by atoms with E-state index >= 15 is 0 Å². The Bertz CT molecular complexity index is 242. The monoisotopic (exact) mass is 192 g/mol. The minimum atomic E-state index is -0.410. The summed E-state index contributed by atoms with van der Waals surface area (Å²) in [6, 6.07) is 0. The summed E-state index contributed by atoms with van der Waals surface area (Å²) in [7, 11) is 0. The van der Waals surface area contributed by atoms with Crippen LogP contribution in [0.3, 0.4) is 0 Å². The van der Waals surface area contributed by atoms with E-state index in [2.05, 4.69) is 0 Å². The van der Waals surface area contributed by atoms with Crippen molar-refractivity contribution in [1.29, 1.82) is 0 Å². The SMILES string of the molecule is NC1=CC(=[NH2+])C(=O)C=C1O.O.[Cl-]. The van der Waals surface area contributed by atoms with E-state index in [1.807, 2.05) is 0 Å². The summed E-state index contributed by atoms with van der Waals surface area (Å²) in [6.07, 6.45) is 2.22. The Labute approximate surface area is 74.8 Å². The van der Waals surface area contributed by atoms with E-state index in [9.17, 15) is 4.79 Å². The number of hydrogen-bond donors (Lipinski definition) is 3. The van der Waals surface area contributed by atoms with Crippen LogP contribution in [0.2, 0.25) is 0 Å². The molecule has 0 saturated carbocycles. The standard InChI is InChI=1S/C6H6N2O2.ClH.H2O/c7-3-1-4(8)6(10)2-5(3)9;;/h1-2,7,10H,8H2;1H;1H2. The van der Waals surface area contributed by atoms with Gasteiger partial charge in [-0.15, -0.1) is 0 Å². The summed E-state index contributed by atoms with van der Waals surface area (Å²) >= 11 is 0. The number of ketones is 1. The first kappa shape index (κ1) is 13.3. The number of hydrogen-bond acceptors (Lipinski definition) is 3. The maximum atomic E-state index is 10.7. The average Bonchev–Trinajstić information content (AvgIpc) is 1.84. The maximum Gasteiger partial charge on any atom is 0.252 e. The van der Waals surface area contributed by atoms with Gasteiger partial charge in [-0.25, -0.2) is 0 Å². The normalized spacial score (nSPS) is 15.3. The number of rotatable bonds is 0. The number of allylic oxidation sites excluding steroid dienone is 2. The summed E-state index contributed by atoms with van der Waals surface area (Å²) in [5.41, 5.74) is 5.39. The molecule has 0 aromatic heterocycles. The molecule has 1 rings (SSSR count). The van der Waals surface area contributed by atoms with Crippen LogP contribution >= 0.6 is 0 Å². The first-order valence-corrected chi connectivity index (χ1v) is 2.66. The Hall–Kier alpha value is -1.33. The highest BCUT2D eigenvalue weighted by atomic mass is 35.5. The molecule has 0 unspecified atom stereocenters. The Kier molecular flexibility index (Phi) is 5.01. The van der Waals surface area contributed by atoms with Gasteiger partial charge < -0.3 is 28.7 Å². The molecular weight excluding hydrogens is 184 g/mol. The summed E-state index contributed by atoms with van der Waals surface area (Å²) < 4.78 is 0. The Morgan fingerprint density at radius 2 is 1.92 bits per heavy atom. The van der Waals surface area contributed by atoms with Crippen molar-refractivity contribution in [2.75, 3.05) is 0 Å². The second kappa shape index (κ2) is 4.53. The lowest BCUT2D eigenvalue weighted by atomic mass is 10.1. The first-order valence-electron chi connectivity index (χ1n) is 2.66. The molecule has 0 heterocycles. The van der Waals surface area contributed by atoms with Crippen LogP contribution in [0, 0.1) is 0 Å². The predicted octanol–water partition coefficient (Wildman–Crippen LogP) is -5.77. The van der Waals surface area contributed by atoms with Crippen LogP contribution in [0.15, 0.2) is 23.6 Å². The van der Waals surface area contributed by atoms with Gasteiger partial charge in [0.15, 0.2) is 0 Å². The molecule has 0 amide bonds. The molecule has 68 valence electrons.